The third-order valence-electron chi connectivity index (χ3n) is 0.465. The molecule has 4 heteroatoms. The topological polar surface area (TPSA) is 76.8 Å². The van der Waals surface area contributed by atoms with Crippen molar-refractivity contribution in [3.05, 3.63) is 0 Å². The van der Waals surface area contributed by atoms with Gasteiger partial charge in [0.15, 0.2) is 0 Å². The van der Waals surface area contributed by atoms with Crippen molar-refractivity contribution < 1.29 is 0 Å². The second-order valence-electron chi connectivity index (χ2n) is 1.05. The Morgan fingerprint density at radius 2 is 2.14 bits per heavy atom. The molecular formula is C3H8N4. The largest absolute Gasteiger partial charge is 0.323 e. The van der Waals surface area contributed by atoms with Crippen molar-refractivity contribution in [3.8, 4) is 0 Å². The van der Waals surface area contributed by atoms with E-state index in [0.717, 1.165) is 0 Å². The van der Waals surface area contributed by atoms with Crippen LogP contribution in [0.15, 0.2) is 10.2 Å². The zero-order valence-electron chi connectivity index (χ0n) is 4.13. The summed E-state index contributed by atoms with van der Waals surface area (Å²) >= 11 is 0. The molecule has 0 aliphatic heterocycles. The summed E-state index contributed by atoms with van der Waals surface area (Å²) in [5, 5.41) is 6.44. The molecular weight excluding hydrogens is 92.1 g/mol. The molecule has 0 aromatic carbocycles. The number of nitrogens with two attached hydrogens (primary N) is 2. The van der Waals surface area contributed by atoms with Crippen molar-refractivity contribution in [1.29, 1.82) is 0 Å². The van der Waals surface area contributed by atoms with Crippen LogP contribution in [-0.4, -0.2) is 11.9 Å². The number of nitrogens with zero attached hydrogens (tertiary/aromatic N) is 2. The van der Waals surface area contributed by atoms with E-state index in [1.807, 2.05) is 0 Å². The average molecular weight is 100 g/mol. The fraction of sp³-hybridized carbons (Fsp3) is 0.333. The minimum absolute atomic E-state index is 0.613. The molecule has 0 spiro atoms. The zero-order chi connectivity index (χ0) is 5.70. The molecule has 0 rings (SSSR count). The van der Waals surface area contributed by atoms with Crippen LogP contribution in [0.2, 0.25) is 0 Å². The first-order chi connectivity index (χ1) is 3.31. The number of hydrazone groups is 2. The second-order valence-corrected chi connectivity index (χ2v) is 1.05. The van der Waals surface area contributed by atoms with Gasteiger partial charge in [0, 0.05) is 0 Å². The van der Waals surface area contributed by atoms with Crippen molar-refractivity contribution in [2.75, 3.05) is 0 Å². The van der Waals surface area contributed by atoms with Gasteiger partial charge in [0.2, 0.25) is 0 Å². The van der Waals surface area contributed by atoms with Crippen LogP contribution in [0, 0.1) is 0 Å². The van der Waals surface area contributed by atoms with Crippen LogP contribution in [0.1, 0.15) is 6.92 Å². The molecule has 0 amide bonds. The SMILES string of the molecule is CC(/C=N\N)=N\N. The monoisotopic (exact) mass is 100 g/mol. The predicted octanol–water partition coefficient (Wildman–Crippen LogP) is -0.734. The molecule has 0 saturated carbocycles. The predicted molar refractivity (Wildman–Crippen MR) is 30.0 cm³/mol. The molecule has 0 aliphatic carbocycles. The van der Waals surface area contributed by atoms with Gasteiger partial charge in [-0.25, -0.2) is 0 Å². The van der Waals surface area contributed by atoms with Gasteiger partial charge in [0.05, 0.1) is 11.9 Å². The van der Waals surface area contributed by atoms with E-state index in [1.54, 1.807) is 6.92 Å². The Labute approximate surface area is 41.9 Å². The fourth-order valence-corrected chi connectivity index (χ4v) is 0.141. The molecule has 4 nitrogen and oxygen atoms in total. The Morgan fingerprint density at radius 3 is 2.29 bits per heavy atom. The van der Waals surface area contributed by atoms with Gasteiger partial charge in [0.1, 0.15) is 0 Å². The fourth-order valence-electron chi connectivity index (χ4n) is 0.141. The molecule has 0 heterocycles. The molecule has 0 aromatic rings. The molecule has 0 fully saturated rings. The summed E-state index contributed by atoms with van der Waals surface area (Å²) in [5.74, 6) is 9.54. The van der Waals surface area contributed by atoms with Gasteiger partial charge < -0.3 is 11.7 Å². The summed E-state index contributed by atoms with van der Waals surface area (Å²) in [5.41, 5.74) is 0.613. The van der Waals surface area contributed by atoms with Crippen LogP contribution in [0.4, 0.5) is 0 Å². The van der Waals surface area contributed by atoms with Crippen molar-refractivity contribution >= 4 is 11.9 Å². The first-order valence-corrected chi connectivity index (χ1v) is 1.79. The van der Waals surface area contributed by atoms with Gasteiger partial charge in [0.25, 0.3) is 0 Å². The maximum atomic E-state index is 4.80. The van der Waals surface area contributed by atoms with Gasteiger partial charge in [-0.15, -0.1) is 0 Å². The van der Waals surface area contributed by atoms with Crippen LogP contribution in [0.25, 0.3) is 0 Å². The lowest BCUT2D eigenvalue weighted by Crippen LogP contribution is -1.98. The maximum absolute atomic E-state index is 4.80. The Bertz CT molecular complexity index is 93.1. The van der Waals surface area contributed by atoms with E-state index in [4.69, 9.17) is 11.7 Å². The normalized spacial score (nSPS) is 13.0. The number of rotatable bonds is 1. The van der Waals surface area contributed by atoms with Gasteiger partial charge >= 0.3 is 0 Å². The summed E-state index contributed by atoms with van der Waals surface area (Å²) < 4.78 is 0. The summed E-state index contributed by atoms with van der Waals surface area (Å²) in [4.78, 5) is 0. The Kier molecular flexibility index (Phi) is 2.67. The highest BCUT2D eigenvalue weighted by Crippen LogP contribution is 1.61. The van der Waals surface area contributed by atoms with Crippen molar-refractivity contribution in [3.63, 3.8) is 0 Å². The van der Waals surface area contributed by atoms with E-state index in [9.17, 15) is 0 Å². The highest BCUT2D eigenvalue weighted by Gasteiger charge is 1.75. The quantitative estimate of drug-likeness (QED) is 0.259. The minimum atomic E-state index is 0.613. The first-order valence-electron chi connectivity index (χ1n) is 1.79. The summed E-state index contributed by atoms with van der Waals surface area (Å²) in [6.45, 7) is 1.70. The summed E-state index contributed by atoms with van der Waals surface area (Å²) in [7, 11) is 0. The van der Waals surface area contributed by atoms with E-state index in [1.165, 1.54) is 6.21 Å². The van der Waals surface area contributed by atoms with Crippen molar-refractivity contribution in [2.24, 2.45) is 21.9 Å². The Hall–Kier alpha value is -1.06. The standard InChI is InChI=1S/C3H8N4/c1-3(7-5)2-6-4/h2H,4-5H2,1H3/b6-2-,7-3+. The smallest absolute Gasteiger partial charge is 0.0769 e. The molecule has 0 saturated heterocycles. The molecule has 4 N–H and O–H groups in total. The van der Waals surface area contributed by atoms with Crippen LogP contribution < -0.4 is 11.7 Å². The van der Waals surface area contributed by atoms with Crippen LogP contribution >= 0.6 is 0 Å². The third kappa shape index (κ3) is 2.75. The molecule has 0 aliphatic rings. The molecule has 7 heavy (non-hydrogen) atoms. The van der Waals surface area contributed by atoms with Gasteiger partial charge in [-0.3, -0.25) is 0 Å². The lowest BCUT2D eigenvalue weighted by atomic mass is 10.5. The molecule has 0 radical (unpaired) electrons. The van der Waals surface area contributed by atoms with E-state index < -0.39 is 0 Å². The average Bonchev–Trinajstić information content (AvgIpc) is 1.68. The molecule has 0 atom stereocenters. The first kappa shape index (κ1) is 5.94. The van der Waals surface area contributed by atoms with Gasteiger partial charge in [-0.1, -0.05) is 0 Å². The van der Waals surface area contributed by atoms with E-state index >= 15 is 0 Å². The number of hydrogen-bond donors (Lipinski definition) is 2. The van der Waals surface area contributed by atoms with Gasteiger partial charge in [-0.05, 0) is 6.92 Å². The van der Waals surface area contributed by atoms with Crippen molar-refractivity contribution in [1.82, 2.24) is 0 Å². The second kappa shape index (κ2) is 3.14. The molecule has 40 valence electrons. The lowest BCUT2D eigenvalue weighted by Gasteiger charge is -1.79. The Balaban J connectivity index is 3.58. The number of hydrogen-bond acceptors (Lipinski definition) is 4. The highest BCUT2D eigenvalue weighted by molar-refractivity contribution is 6.29. The third-order valence-corrected chi connectivity index (χ3v) is 0.465. The zero-order valence-corrected chi connectivity index (χ0v) is 4.13. The minimum Gasteiger partial charge on any atom is -0.323 e. The lowest BCUT2D eigenvalue weighted by molar-refractivity contribution is 1.24. The van der Waals surface area contributed by atoms with Crippen LogP contribution in [0.5, 0.6) is 0 Å². The van der Waals surface area contributed by atoms with E-state index in [0.29, 0.717) is 5.71 Å². The molecule has 0 unspecified atom stereocenters. The van der Waals surface area contributed by atoms with Gasteiger partial charge in [-0.2, -0.15) is 10.2 Å². The highest BCUT2D eigenvalue weighted by atomic mass is 15.1. The summed E-state index contributed by atoms with van der Waals surface area (Å²) in [6, 6.07) is 0. The molecule has 0 bridgehead atoms. The molecule has 0 aromatic heterocycles. The Morgan fingerprint density at radius 1 is 1.57 bits per heavy atom. The maximum Gasteiger partial charge on any atom is 0.0769 e. The van der Waals surface area contributed by atoms with E-state index in [2.05, 4.69) is 10.2 Å². The van der Waals surface area contributed by atoms with Crippen LogP contribution in [-0.2, 0) is 0 Å². The summed E-state index contributed by atoms with van der Waals surface area (Å²) in [6.07, 6.45) is 1.38. The van der Waals surface area contributed by atoms with Crippen LogP contribution in [0.3, 0.4) is 0 Å². The van der Waals surface area contributed by atoms with E-state index in [-0.39, 0.29) is 0 Å². The van der Waals surface area contributed by atoms with Crippen molar-refractivity contribution in [2.45, 2.75) is 6.92 Å².